The van der Waals surface area contributed by atoms with Crippen LogP contribution in [0.25, 0.3) is 0 Å². The Morgan fingerprint density at radius 3 is 2.93 bits per heavy atom. The zero-order valence-electron chi connectivity index (χ0n) is 9.38. The van der Waals surface area contributed by atoms with Gasteiger partial charge in [-0.1, -0.05) is 11.1 Å². The molecule has 0 aliphatic heterocycles. The van der Waals surface area contributed by atoms with Gasteiger partial charge in [-0.15, -0.1) is 0 Å². The third kappa shape index (κ3) is 3.09. The highest BCUT2D eigenvalue weighted by atomic mass is 16.5. The third-order valence-corrected chi connectivity index (χ3v) is 3.00. The Bertz CT molecular complexity index is 312. The van der Waals surface area contributed by atoms with Gasteiger partial charge in [0.1, 0.15) is 0 Å². The van der Waals surface area contributed by atoms with E-state index in [0.717, 1.165) is 25.7 Å². The van der Waals surface area contributed by atoms with E-state index in [1.54, 1.807) is 0 Å². The van der Waals surface area contributed by atoms with Gasteiger partial charge in [-0.25, -0.2) is 0 Å². The minimum Gasteiger partial charge on any atom is -0.469 e. The highest BCUT2D eigenvalue weighted by Gasteiger charge is 2.22. The topological polar surface area (TPSA) is 50.1 Å². The molecule has 1 unspecified atom stereocenters. The summed E-state index contributed by atoms with van der Waals surface area (Å²) < 4.78 is 4.59. The molecular weight excluding hydrogens is 190 g/mol. The molecule has 0 spiro atoms. The van der Waals surface area contributed by atoms with E-state index in [9.17, 15) is 4.79 Å². The molecule has 0 amide bonds. The van der Waals surface area contributed by atoms with Gasteiger partial charge in [0, 0.05) is 6.42 Å². The first kappa shape index (κ1) is 11.8. The number of rotatable bonds is 3. The van der Waals surface area contributed by atoms with Crippen molar-refractivity contribution in [2.45, 2.75) is 39.0 Å². The second kappa shape index (κ2) is 5.55. The van der Waals surface area contributed by atoms with Crippen LogP contribution in [0, 0.1) is 17.2 Å². The largest absolute Gasteiger partial charge is 0.469 e. The Morgan fingerprint density at radius 2 is 2.33 bits per heavy atom. The molecular formula is C12H17NO2. The highest BCUT2D eigenvalue weighted by Crippen LogP contribution is 2.33. The van der Waals surface area contributed by atoms with Crippen LogP contribution in [-0.2, 0) is 9.53 Å². The summed E-state index contributed by atoms with van der Waals surface area (Å²) in [6.45, 7) is 2.02. The lowest BCUT2D eigenvalue weighted by Gasteiger charge is -2.08. The lowest BCUT2D eigenvalue weighted by Crippen LogP contribution is -2.02. The minimum absolute atomic E-state index is 0.0858. The zero-order chi connectivity index (χ0) is 11.3. The van der Waals surface area contributed by atoms with Gasteiger partial charge < -0.3 is 4.74 Å². The molecule has 15 heavy (non-hydrogen) atoms. The Morgan fingerprint density at radius 1 is 1.60 bits per heavy atom. The average Bonchev–Trinajstić information content (AvgIpc) is 2.73. The molecule has 1 aliphatic rings. The number of esters is 1. The SMILES string of the molecule is COC(=O)CC/C(C)=C1\CCCC1C#N. The molecule has 0 aromatic heterocycles. The maximum atomic E-state index is 11.0. The number of nitriles is 1. The summed E-state index contributed by atoms with van der Waals surface area (Å²) in [4.78, 5) is 11.0. The number of allylic oxidation sites excluding steroid dienone is 2. The van der Waals surface area contributed by atoms with Gasteiger partial charge in [-0.2, -0.15) is 5.26 Å². The first-order valence-electron chi connectivity index (χ1n) is 5.34. The van der Waals surface area contributed by atoms with Crippen LogP contribution < -0.4 is 0 Å². The number of carbonyl (C=O) groups is 1. The van der Waals surface area contributed by atoms with Crippen LogP contribution in [-0.4, -0.2) is 13.1 Å². The average molecular weight is 207 g/mol. The fourth-order valence-electron chi connectivity index (χ4n) is 2.05. The summed E-state index contributed by atoms with van der Waals surface area (Å²) in [7, 11) is 1.40. The van der Waals surface area contributed by atoms with E-state index >= 15 is 0 Å². The lowest BCUT2D eigenvalue weighted by molar-refractivity contribution is -0.140. The molecule has 3 heteroatoms. The normalized spacial score (nSPS) is 23.4. The van der Waals surface area contributed by atoms with Gasteiger partial charge in [-0.05, 0) is 32.6 Å². The predicted octanol–water partition coefficient (Wildman–Crippen LogP) is 2.58. The summed E-state index contributed by atoms with van der Waals surface area (Å²) in [6.07, 6.45) is 4.24. The molecule has 0 heterocycles. The monoisotopic (exact) mass is 207 g/mol. The van der Waals surface area contributed by atoms with Crippen molar-refractivity contribution in [1.29, 1.82) is 5.26 Å². The van der Waals surface area contributed by atoms with E-state index < -0.39 is 0 Å². The van der Waals surface area contributed by atoms with Crippen LogP contribution in [0.1, 0.15) is 39.0 Å². The van der Waals surface area contributed by atoms with Crippen molar-refractivity contribution in [2.24, 2.45) is 5.92 Å². The predicted molar refractivity (Wildman–Crippen MR) is 56.9 cm³/mol. The van der Waals surface area contributed by atoms with Crippen LogP contribution in [0.15, 0.2) is 11.1 Å². The van der Waals surface area contributed by atoms with Crippen LogP contribution in [0.4, 0.5) is 0 Å². The summed E-state index contributed by atoms with van der Waals surface area (Å²) >= 11 is 0. The second-order valence-corrected chi connectivity index (χ2v) is 3.96. The molecule has 0 aromatic carbocycles. The molecule has 82 valence electrons. The van der Waals surface area contributed by atoms with Crippen molar-refractivity contribution in [2.75, 3.05) is 7.11 Å². The fraction of sp³-hybridized carbons (Fsp3) is 0.667. The van der Waals surface area contributed by atoms with Crippen LogP contribution in [0.3, 0.4) is 0 Å². The molecule has 1 atom stereocenters. The minimum atomic E-state index is -0.179. The first-order chi connectivity index (χ1) is 7.19. The quantitative estimate of drug-likeness (QED) is 0.528. The molecule has 3 nitrogen and oxygen atoms in total. The molecule has 0 saturated heterocycles. The molecule has 0 aromatic rings. The van der Waals surface area contributed by atoms with Crippen LogP contribution in [0.5, 0.6) is 0 Å². The number of carbonyl (C=O) groups excluding carboxylic acids is 1. The third-order valence-electron chi connectivity index (χ3n) is 3.00. The number of hydrogen-bond acceptors (Lipinski definition) is 3. The fourth-order valence-corrected chi connectivity index (χ4v) is 2.05. The van der Waals surface area contributed by atoms with Gasteiger partial charge in [0.15, 0.2) is 0 Å². The molecule has 1 saturated carbocycles. The van der Waals surface area contributed by atoms with Crippen molar-refractivity contribution >= 4 is 5.97 Å². The van der Waals surface area contributed by atoms with E-state index in [2.05, 4.69) is 10.8 Å². The Hall–Kier alpha value is -1.30. The number of ether oxygens (including phenoxy) is 1. The van der Waals surface area contributed by atoms with Gasteiger partial charge in [0.25, 0.3) is 0 Å². The van der Waals surface area contributed by atoms with E-state index in [4.69, 9.17) is 5.26 Å². The number of methoxy groups -OCH3 is 1. The number of hydrogen-bond donors (Lipinski definition) is 0. The van der Waals surface area contributed by atoms with Crippen molar-refractivity contribution in [3.63, 3.8) is 0 Å². The lowest BCUT2D eigenvalue weighted by atomic mass is 9.97. The van der Waals surface area contributed by atoms with Crippen molar-refractivity contribution in [3.05, 3.63) is 11.1 Å². The molecule has 1 fully saturated rings. The smallest absolute Gasteiger partial charge is 0.305 e. The van der Waals surface area contributed by atoms with Gasteiger partial charge in [0.2, 0.25) is 0 Å². The maximum absolute atomic E-state index is 11.0. The van der Waals surface area contributed by atoms with Crippen LogP contribution >= 0.6 is 0 Å². The first-order valence-corrected chi connectivity index (χ1v) is 5.34. The summed E-state index contributed by atoms with van der Waals surface area (Å²) in [5, 5.41) is 8.93. The molecule has 0 N–H and O–H groups in total. The molecule has 1 aliphatic carbocycles. The van der Waals surface area contributed by atoms with Gasteiger partial charge in [-0.3, -0.25) is 4.79 Å². The standard InChI is InChI=1S/C12H17NO2/c1-9(6-7-12(14)15-2)11-5-3-4-10(11)8-13/h10H,3-7H2,1-2H3/b11-9+. The maximum Gasteiger partial charge on any atom is 0.305 e. The van der Waals surface area contributed by atoms with E-state index in [1.165, 1.54) is 18.3 Å². The van der Waals surface area contributed by atoms with Crippen LogP contribution in [0.2, 0.25) is 0 Å². The Labute approximate surface area is 90.7 Å². The summed E-state index contributed by atoms with van der Waals surface area (Å²) in [5.41, 5.74) is 2.45. The molecule has 0 radical (unpaired) electrons. The summed E-state index contributed by atoms with van der Waals surface area (Å²) in [5.74, 6) is -0.0934. The molecule has 1 rings (SSSR count). The zero-order valence-corrected chi connectivity index (χ0v) is 9.38. The highest BCUT2D eigenvalue weighted by molar-refractivity contribution is 5.69. The van der Waals surface area contributed by atoms with E-state index in [0.29, 0.717) is 6.42 Å². The van der Waals surface area contributed by atoms with Gasteiger partial charge in [0.05, 0.1) is 19.1 Å². The van der Waals surface area contributed by atoms with E-state index in [1.807, 2.05) is 6.92 Å². The van der Waals surface area contributed by atoms with Crippen molar-refractivity contribution in [1.82, 2.24) is 0 Å². The second-order valence-electron chi connectivity index (χ2n) is 3.96. The van der Waals surface area contributed by atoms with E-state index in [-0.39, 0.29) is 11.9 Å². The van der Waals surface area contributed by atoms with Crippen molar-refractivity contribution < 1.29 is 9.53 Å². The Kier molecular flexibility index (Phi) is 4.36. The molecule has 0 bridgehead atoms. The summed E-state index contributed by atoms with van der Waals surface area (Å²) in [6, 6.07) is 2.32. The van der Waals surface area contributed by atoms with Crippen molar-refractivity contribution in [3.8, 4) is 6.07 Å². The Balaban J connectivity index is 2.57. The van der Waals surface area contributed by atoms with Gasteiger partial charge >= 0.3 is 5.97 Å². The number of nitrogens with zero attached hydrogens (tertiary/aromatic N) is 1.